The number of ether oxygens (including phenoxy) is 10. The average Bonchev–Trinajstić information content (AvgIpc) is 1.73. The third kappa shape index (κ3) is 82.6. The van der Waals surface area contributed by atoms with E-state index in [-0.39, 0.29) is 152 Å². The van der Waals surface area contributed by atoms with Crippen LogP contribution in [0.3, 0.4) is 0 Å². The van der Waals surface area contributed by atoms with Crippen molar-refractivity contribution in [3.05, 3.63) is 12.2 Å². The zero-order valence-electron chi connectivity index (χ0n) is 104. The molecule has 0 aliphatic carbocycles. The van der Waals surface area contributed by atoms with Gasteiger partial charge in [0, 0.05) is 126 Å². The second-order valence-corrected chi connectivity index (χ2v) is 49.5. The third-order valence-electron chi connectivity index (χ3n) is 26.0. The molecule has 1 rings (SSSR count). The molecule has 148 heavy (non-hydrogen) atoms. The van der Waals surface area contributed by atoms with Gasteiger partial charge in [-0.2, -0.15) is 0 Å². The van der Waals surface area contributed by atoms with Crippen LogP contribution in [0.5, 0.6) is 0 Å². The molecule has 0 bridgehead atoms. The smallest absolute Gasteiger partial charge is 0.469 e. The van der Waals surface area contributed by atoms with Crippen molar-refractivity contribution in [3.63, 3.8) is 0 Å². The summed E-state index contributed by atoms with van der Waals surface area (Å²) in [5, 5.41) is 9.48. The van der Waals surface area contributed by atoms with Gasteiger partial charge in [-0.1, -0.05) is 157 Å². The molecule has 1 saturated heterocycles. The second kappa shape index (κ2) is 90.4. The van der Waals surface area contributed by atoms with E-state index in [9.17, 15) is 67.4 Å². The fourth-order valence-corrected chi connectivity index (χ4v) is 12.3. The maximum absolute atomic E-state index is 11.7. The van der Waals surface area contributed by atoms with Gasteiger partial charge < -0.3 is 94.2 Å². The van der Waals surface area contributed by atoms with Gasteiger partial charge in [-0.15, -0.1) is 0 Å². The molecule has 0 aromatic heterocycles. The van der Waals surface area contributed by atoms with Crippen LogP contribution in [-0.4, -0.2) is 289 Å². The first kappa shape index (κ1) is 164. The van der Waals surface area contributed by atoms with Gasteiger partial charge in [0.05, 0.1) is 90.1 Å². The molecule has 33 nitrogen and oxygen atoms in total. The quantitative estimate of drug-likeness (QED) is 0.0148. The molecule has 6 atom stereocenters. The SMILES string of the molecule is C=C(C)C(=O)OCC(O)COC(=O)C(C)(C)CC.CCC(C)(C)C(=O)OC.CCC(C)(C)C(=O)OCC1CO1.CCC(C)(C)C(=O)OCCC[Si](C)(OC)OC.CCC(C)(C)C(=O)OCCC[Si](OC)(OC)OC.CCC(C)C(=O)N(C)C.CCC(C)C(=O)N(C)C.CCC(C)C(=O)N(C)C.CCC(C)C(=O)N(CC)CC.CCCCOC(=O)C(C)(C)CC.CCCCOC(=O)C(C)(C)CC.CCCCOC(=O)C(C)(C)CC. The lowest BCUT2D eigenvalue weighted by atomic mass is 9.91. The lowest BCUT2D eigenvalue weighted by Gasteiger charge is -2.24. The second-order valence-electron chi connectivity index (χ2n) is 42.8. The lowest BCUT2D eigenvalue weighted by Crippen LogP contribution is -2.42. The standard InChI is InChI=1S/C13H22O5.C12H26O5Si.C12H26O4Si.3C10H20O2.C9H19NO.C9H16O3.3C7H15NO.C7H14O2/c1-6-13(4,5)12(16)18-8-10(14)7-17-11(15)9(2)3;1-7-12(2,3)11(13)17-9-8-10-18(14-4,15-5)16-6;1-7-12(2,3)11(13)16-9-8-10-17(6,14-4)15-5;3*1-5-7-8-12-9(11)10(3,4)6-2;1-5-8(4)9(11)10(6-2)7-3;1-4-9(2,3)8(10)12-6-7-5-11-7;3*1-5-6(2)7(9)8(3)4;1-5-7(2,3)6(8)9-4/h10,14H,2,6-8H2,1,3-5H3;7-10H2,1-6H3;7-10H2,1-6H3;3*5-8H2,1-4H3;8H,5-7H2,1-4H3;7H,4-6H2,1-3H3;3*6H,5H2,1-4H3;5H2,1-4H3. The summed E-state index contributed by atoms with van der Waals surface area (Å²) in [7, 11) is 15.6. The molecule has 1 fully saturated rings. The Morgan fingerprint density at radius 2 is 0.561 bits per heavy atom. The van der Waals surface area contributed by atoms with E-state index in [0.717, 1.165) is 141 Å². The number of amides is 4. The van der Waals surface area contributed by atoms with E-state index in [1.165, 1.54) is 14.0 Å². The molecule has 1 N–H and O–H groups in total. The van der Waals surface area contributed by atoms with Crippen molar-refractivity contribution < 1.29 is 137 Å². The number of esters is 9. The fraction of sp³-hybridized carbons (Fsp3) is 0.867. The zero-order valence-corrected chi connectivity index (χ0v) is 106. The molecule has 0 aromatic rings. The van der Waals surface area contributed by atoms with Crippen LogP contribution in [0.25, 0.3) is 0 Å². The molecule has 1 aliphatic rings. The van der Waals surface area contributed by atoms with Crippen LogP contribution in [-0.2, 0) is 132 Å². The highest BCUT2D eigenvalue weighted by atomic mass is 28.4. The van der Waals surface area contributed by atoms with Gasteiger partial charge in [-0.25, -0.2) is 4.79 Å². The number of rotatable bonds is 55. The number of nitrogens with zero attached hydrogens (tertiary/aromatic N) is 4. The van der Waals surface area contributed by atoms with Crippen LogP contribution in [0.2, 0.25) is 18.6 Å². The van der Waals surface area contributed by atoms with Crippen molar-refractivity contribution in [1.82, 2.24) is 19.6 Å². The molecule has 1 heterocycles. The monoisotopic (exact) mass is 2160 g/mol. The van der Waals surface area contributed by atoms with E-state index in [0.29, 0.717) is 58.5 Å². The number of carbonyl (C=O) groups is 13. The Morgan fingerprint density at radius 1 is 0.338 bits per heavy atom. The number of hydrogen-bond donors (Lipinski definition) is 1. The average molecular weight is 2160 g/mol. The highest BCUT2D eigenvalue weighted by molar-refractivity contribution is 6.65. The molecule has 0 aromatic carbocycles. The molecule has 882 valence electrons. The number of epoxide rings is 1. The first-order valence-electron chi connectivity index (χ1n) is 54.2. The summed E-state index contributed by atoms with van der Waals surface area (Å²) in [6, 6.07) is 1.47. The van der Waals surface area contributed by atoms with E-state index in [4.69, 9.17) is 64.8 Å². The van der Waals surface area contributed by atoms with Crippen LogP contribution in [0.1, 0.15) is 392 Å². The summed E-state index contributed by atoms with van der Waals surface area (Å²) < 4.78 is 76.6. The highest BCUT2D eigenvalue weighted by Gasteiger charge is 2.39. The molecule has 0 radical (unpaired) electrons. The van der Waals surface area contributed by atoms with E-state index >= 15 is 0 Å². The van der Waals surface area contributed by atoms with Crippen LogP contribution < -0.4 is 0 Å². The number of aliphatic hydroxyl groups excluding tert-OH is 1. The molecule has 6 unspecified atom stereocenters. The number of hydrogen-bond acceptors (Lipinski definition) is 29. The molecule has 0 spiro atoms. The van der Waals surface area contributed by atoms with Crippen LogP contribution in [0.15, 0.2) is 12.2 Å². The van der Waals surface area contributed by atoms with Gasteiger partial charge in [0.25, 0.3) is 0 Å². The zero-order chi connectivity index (χ0) is 119. The number of unbranched alkanes of at least 4 members (excludes halogenated alkanes) is 3. The lowest BCUT2D eigenvalue weighted by molar-refractivity contribution is -0.159. The number of carbonyl (C=O) groups excluding carboxylic acids is 13. The van der Waals surface area contributed by atoms with Gasteiger partial charge in [-0.3, -0.25) is 57.5 Å². The minimum atomic E-state index is -2.53. The number of aliphatic hydroxyl groups is 1. The number of methoxy groups -OCH3 is 1. The fourth-order valence-electron chi connectivity index (χ4n) is 9.30. The summed E-state index contributed by atoms with van der Waals surface area (Å²) >= 11 is 0. The van der Waals surface area contributed by atoms with Gasteiger partial charge >= 0.3 is 71.1 Å². The molecule has 4 amide bonds. The van der Waals surface area contributed by atoms with Crippen LogP contribution in [0, 0.1) is 67.0 Å². The van der Waals surface area contributed by atoms with Crippen molar-refractivity contribution in [1.29, 1.82) is 0 Å². The van der Waals surface area contributed by atoms with Gasteiger partial charge in [0.15, 0.2) is 0 Å². The summed E-state index contributed by atoms with van der Waals surface area (Å²) in [5.74, 6) is -0.0342. The molecule has 1 aliphatic heterocycles. The van der Waals surface area contributed by atoms with Crippen LogP contribution >= 0.6 is 0 Å². The van der Waals surface area contributed by atoms with Gasteiger partial charge in [0.2, 0.25) is 23.6 Å². The first-order chi connectivity index (χ1) is 68.1. The maximum Gasteiger partial charge on any atom is 0.500 e. The molecular formula is C113H228N4O29Si2. The summed E-state index contributed by atoms with van der Waals surface area (Å²) in [6.45, 7) is 84.0. The summed E-state index contributed by atoms with van der Waals surface area (Å²) in [6.07, 6.45) is 16.7. The first-order valence-corrected chi connectivity index (χ1v) is 58.6. The van der Waals surface area contributed by atoms with Crippen molar-refractivity contribution in [2.75, 3.05) is 157 Å². The predicted octanol–water partition coefficient (Wildman–Crippen LogP) is 22.9. The van der Waals surface area contributed by atoms with Gasteiger partial charge in [0.1, 0.15) is 32.0 Å². The molecule has 0 saturated carbocycles. The topological polar surface area (TPSA) is 397 Å². The van der Waals surface area contributed by atoms with Crippen molar-refractivity contribution in [2.24, 2.45) is 67.0 Å². The minimum Gasteiger partial charge on any atom is -0.469 e. The summed E-state index contributed by atoms with van der Waals surface area (Å²) in [5.41, 5.74) is -2.72. The highest BCUT2D eigenvalue weighted by Crippen LogP contribution is 2.29. The maximum atomic E-state index is 11.7. The van der Waals surface area contributed by atoms with E-state index in [2.05, 4.69) is 32.1 Å². The van der Waals surface area contributed by atoms with Gasteiger partial charge in [-0.05, 0) is 253 Å². The van der Waals surface area contributed by atoms with Crippen molar-refractivity contribution in [3.8, 4) is 0 Å². The Balaban J connectivity index is -0.000000155. The van der Waals surface area contributed by atoms with E-state index in [1.807, 2.05) is 233 Å². The summed E-state index contributed by atoms with van der Waals surface area (Å²) in [4.78, 5) is 154. The molecule has 35 heteroatoms. The largest absolute Gasteiger partial charge is 0.500 e. The molecular weight excluding hydrogens is 1930 g/mol. The Bertz CT molecular complexity index is 3340. The van der Waals surface area contributed by atoms with Crippen molar-refractivity contribution in [2.45, 2.75) is 422 Å². The Kier molecular flexibility index (Phi) is 99.9. The Hall–Kier alpha value is -7.00. The van der Waals surface area contributed by atoms with E-state index in [1.54, 1.807) is 106 Å². The third-order valence-corrected chi connectivity index (χ3v) is 31.9. The Labute approximate surface area is 905 Å². The van der Waals surface area contributed by atoms with Crippen molar-refractivity contribution >= 4 is 94.7 Å². The Morgan fingerprint density at radius 3 is 0.750 bits per heavy atom. The minimum absolute atomic E-state index is 0.0709. The normalized spacial score (nSPS) is 13.0. The van der Waals surface area contributed by atoms with Crippen LogP contribution in [0.4, 0.5) is 0 Å². The predicted molar refractivity (Wildman–Crippen MR) is 601 cm³/mol. The van der Waals surface area contributed by atoms with E-state index < -0.39 is 40.3 Å².